The highest BCUT2D eigenvalue weighted by Crippen LogP contribution is 2.30. The van der Waals surface area contributed by atoms with Crippen molar-refractivity contribution in [3.8, 4) is 0 Å². The molecule has 2 N–H and O–H groups in total. The molecule has 2 rings (SSSR count). The molecule has 1 heterocycles. The lowest BCUT2D eigenvalue weighted by molar-refractivity contribution is 0.830. The summed E-state index contributed by atoms with van der Waals surface area (Å²) in [6.07, 6.45) is 0. The number of nitrogens with zero attached hydrogens (tertiary/aromatic N) is 1. The van der Waals surface area contributed by atoms with Gasteiger partial charge in [0.05, 0.1) is 10.5 Å². The first-order valence-electron chi connectivity index (χ1n) is 5.04. The third kappa shape index (κ3) is 2.11. The standard InChI is InChI=1S/C12H12ClIN2/c1-6(2)11-5-10(15)8-3-7(14)4-9(13)12(8)16-11/h3-6H,1-2H3,(H2,15,16). The Kier molecular flexibility index (Phi) is 3.26. The number of hydrogen-bond acceptors (Lipinski definition) is 2. The molecule has 84 valence electrons. The van der Waals surface area contributed by atoms with E-state index < -0.39 is 0 Å². The van der Waals surface area contributed by atoms with Crippen molar-refractivity contribution in [2.75, 3.05) is 5.73 Å². The van der Waals surface area contributed by atoms with Crippen molar-refractivity contribution in [1.29, 1.82) is 0 Å². The Morgan fingerprint density at radius 2 is 2.00 bits per heavy atom. The summed E-state index contributed by atoms with van der Waals surface area (Å²) in [7, 11) is 0. The van der Waals surface area contributed by atoms with E-state index in [1.54, 1.807) is 0 Å². The Labute approximate surface area is 113 Å². The quantitative estimate of drug-likeness (QED) is 0.786. The van der Waals surface area contributed by atoms with Gasteiger partial charge in [0.1, 0.15) is 0 Å². The predicted molar refractivity (Wildman–Crippen MR) is 78.0 cm³/mol. The Balaban J connectivity index is 2.82. The maximum Gasteiger partial charge on any atom is 0.0912 e. The van der Waals surface area contributed by atoms with Crippen LogP contribution in [0.2, 0.25) is 5.02 Å². The second kappa shape index (κ2) is 4.37. The molecule has 0 fully saturated rings. The van der Waals surface area contributed by atoms with Crippen molar-refractivity contribution in [1.82, 2.24) is 4.98 Å². The molecular weight excluding hydrogens is 335 g/mol. The van der Waals surface area contributed by atoms with Crippen molar-refractivity contribution < 1.29 is 0 Å². The van der Waals surface area contributed by atoms with Crippen molar-refractivity contribution in [2.45, 2.75) is 19.8 Å². The van der Waals surface area contributed by atoms with Gasteiger partial charge >= 0.3 is 0 Å². The van der Waals surface area contributed by atoms with Crippen LogP contribution in [0.15, 0.2) is 18.2 Å². The van der Waals surface area contributed by atoms with E-state index in [2.05, 4.69) is 41.4 Å². The molecule has 0 atom stereocenters. The molecule has 0 bridgehead atoms. The Hall–Kier alpha value is -0.550. The average Bonchev–Trinajstić information content (AvgIpc) is 2.19. The zero-order valence-corrected chi connectivity index (χ0v) is 12.0. The van der Waals surface area contributed by atoms with Crippen LogP contribution in [0.5, 0.6) is 0 Å². The second-order valence-corrected chi connectivity index (χ2v) is 5.73. The van der Waals surface area contributed by atoms with Crippen LogP contribution < -0.4 is 5.73 Å². The van der Waals surface area contributed by atoms with Gasteiger partial charge in [0, 0.05) is 20.3 Å². The fourth-order valence-corrected chi connectivity index (χ4v) is 2.66. The van der Waals surface area contributed by atoms with E-state index in [1.807, 2.05) is 18.2 Å². The fraction of sp³-hybridized carbons (Fsp3) is 0.250. The van der Waals surface area contributed by atoms with Gasteiger partial charge < -0.3 is 5.73 Å². The van der Waals surface area contributed by atoms with E-state index in [1.165, 1.54) is 0 Å². The monoisotopic (exact) mass is 346 g/mol. The number of aromatic nitrogens is 1. The van der Waals surface area contributed by atoms with Crippen LogP contribution in [-0.4, -0.2) is 4.98 Å². The van der Waals surface area contributed by atoms with Gasteiger partial charge in [-0.2, -0.15) is 0 Å². The molecule has 0 saturated carbocycles. The SMILES string of the molecule is CC(C)c1cc(N)c2cc(I)cc(Cl)c2n1. The highest BCUT2D eigenvalue weighted by molar-refractivity contribution is 14.1. The minimum atomic E-state index is 0.349. The summed E-state index contributed by atoms with van der Waals surface area (Å²) in [6.45, 7) is 4.18. The molecule has 0 amide bonds. The summed E-state index contributed by atoms with van der Waals surface area (Å²) in [5, 5.41) is 1.59. The highest BCUT2D eigenvalue weighted by atomic mass is 127. The topological polar surface area (TPSA) is 38.9 Å². The van der Waals surface area contributed by atoms with E-state index in [0.717, 1.165) is 25.9 Å². The number of hydrogen-bond donors (Lipinski definition) is 1. The number of pyridine rings is 1. The molecule has 0 radical (unpaired) electrons. The highest BCUT2D eigenvalue weighted by Gasteiger charge is 2.10. The molecule has 1 aromatic heterocycles. The lowest BCUT2D eigenvalue weighted by Crippen LogP contribution is -1.98. The number of nitrogens with two attached hydrogens (primary N) is 1. The third-order valence-electron chi connectivity index (χ3n) is 2.48. The molecule has 0 unspecified atom stereocenters. The van der Waals surface area contributed by atoms with E-state index in [0.29, 0.717) is 10.9 Å². The average molecular weight is 347 g/mol. The van der Waals surface area contributed by atoms with Crippen LogP contribution in [0.25, 0.3) is 10.9 Å². The number of benzene rings is 1. The summed E-state index contributed by atoms with van der Waals surface area (Å²) in [6, 6.07) is 5.84. The Bertz CT molecular complexity index is 552. The van der Waals surface area contributed by atoms with Gasteiger partial charge in [-0.25, -0.2) is 0 Å². The molecule has 4 heteroatoms. The van der Waals surface area contributed by atoms with Crippen LogP contribution in [0.1, 0.15) is 25.5 Å². The maximum atomic E-state index is 6.19. The van der Waals surface area contributed by atoms with Gasteiger partial charge in [-0.1, -0.05) is 25.4 Å². The number of halogens is 2. The molecule has 16 heavy (non-hydrogen) atoms. The van der Waals surface area contributed by atoms with E-state index >= 15 is 0 Å². The first-order valence-corrected chi connectivity index (χ1v) is 6.50. The predicted octanol–water partition coefficient (Wildman–Crippen LogP) is 4.20. The number of anilines is 1. The third-order valence-corrected chi connectivity index (χ3v) is 3.39. The smallest absolute Gasteiger partial charge is 0.0912 e. The summed E-state index contributed by atoms with van der Waals surface area (Å²) in [5.41, 5.74) is 8.55. The largest absolute Gasteiger partial charge is 0.398 e. The summed E-state index contributed by atoms with van der Waals surface area (Å²) >= 11 is 8.41. The maximum absolute atomic E-state index is 6.19. The van der Waals surface area contributed by atoms with Crippen molar-refractivity contribution in [3.63, 3.8) is 0 Å². The van der Waals surface area contributed by atoms with E-state index in [-0.39, 0.29) is 0 Å². The minimum Gasteiger partial charge on any atom is -0.398 e. The number of fused-ring (bicyclic) bond motifs is 1. The number of rotatable bonds is 1. The van der Waals surface area contributed by atoms with Crippen molar-refractivity contribution >= 4 is 50.8 Å². The van der Waals surface area contributed by atoms with Gasteiger partial charge in [-0.15, -0.1) is 0 Å². The van der Waals surface area contributed by atoms with Gasteiger partial charge in [0.25, 0.3) is 0 Å². The second-order valence-electron chi connectivity index (χ2n) is 4.07. The molecule has 2 nitrogen and oxygen atoms in total. The van der Waals surface area contributed by atoms with Gasteiger partial charge in [-0.3, -0.25) is 4.98 Å². The van der Waals surface area contributed by atoms with Crippen molar-refractivity contribution in [3.05, 3.63) is 32.5 Å². The molecule has 0 aliphatic carbocycles. The lowest BCUT2D eigenvalue weighted by atomic mass is 10.1. The number of nitrogen functional groups attached to an aromatic ring is 1. The molecule has 2 aromatic rings. The molecule has 0 saturated heterocycles. The summed E-state index contributed by atoms with van der Waals surface area (Å²) in [4.78, 5) is 4.56. The molecule has 1 aromatic carbocycles. The fourth-order valence-electron chi connectivity index (χ4n) is 1.59. The zero-order chi connectivity index (χ0) is 11.9. The summed E-state index contributed by atoms with van der Waals surface area (Å²) in [5.74, 6) is 0.349. The van der Waals surface area contributed by atoms with Gasteiger partial charge in [0.15, 0.2) is 0 Å². The van der Waals surface area contributed by atoms with Gasteiger partial charge in [0.2, 0.25) is 0 Å². The first-order chi connectivity index (χ1) is 7.49. The minimum absolute atomic E-state index is 0.349. The van der Waals surface area contributed by atoms with Crippen molar-refractivity contribution in [2.24, 2.45) is 0 Å². The lowest BCUT2D eigenvalue weighted by Gasteiger charge is -2.10. The molecule has 0 aliphatic rings. The normalized spacial score (nSPS) is 11.3. The first kappa shape index (κ1) is 11.9. The molecular formula is C12H12ClIN2. The summed E-state index contributed by atoms with van der Waals surface area (Å²) < 4.78 is 1.07. The van der Waals surface area contributed by atoms with Crippen LogP contribution in [-0.2, 0) is 0 Å². The van der Waals surface area contributed by atoms with Crippen LogP contribution in [0.3, 0.4) is 0 Å². The van der Waals surface area contributed by atoms with Crippen LogP contribution in [0, 0.1) is 3.57 Å². The van der Waals surface area contributed by atoms with Crippen LogP contribution in [0.4, 0.5) is 5.69 Å². The van der Waals surface area contributed by atoms with E-state index in [4.69, 9.17) is 17.3 Å². The Morgan fingerprint density at radius 3 is 2.62 bits per heavy atom. The molecule has 0 spiro atoms. The van der Waals surface area contributed by atoms with E-state index in [9.17, 15) is 0 Å². The Morgan fingerprint density at radius 1 is 1.31 bits per heavy atom. The van der Waals surface area contributed by atoms with Gasteiger partial charge in [-0.05, 0) is 46.7 Å². The molecule has 0 aliphatic heterocycles. The zero-order valence-electron chi connectivity index (χ0n) is 9.09. The van der Waals surface area contributed by atoms with Crippen LogP contribution >= 0.6 is 34.2 Å².